The van der Waals surface area contributed by atoms with Gasteiger partial charge in [-0.25, -0.2) is 4.68 Å². The Balaban J connectivity index is 2.66. The summed E-state index contributed by atoms with van der Waals surface area (Å²) in [6, 6.07) is 0.314. The molecule has 0 fully saturated rings. The molecule has 5 nitrogen and oxygen atoms in total. The largest absolute Gasteiger partial charge is 0.481 e. The van der Waals surface area contributed by atoms with Crippen molar-refractivity contribution in [2.24, 2.45) is 7.05 Å². The average molecular weight is 273 g/mol. The minimum absolute atomic E-state index is 0.210. The molecule has 18 heavy (non-hydrogen) atoms. The highest BCUT2D eigenvalue weighted by molar-refractivity contribution is 7.98. The van der Waals surface area contributed by atoms with E-state index < -0.39 is 0 Å². The van der Waals surface area contributed by atoms with E-state index in [-0.39, 0.29) is 6.61 Å². The molecule has 1 aromatic heterocycles. The summed E-state index contributed by atoms with van der Waals surface area (Å²) in [4.78, 5) is 0. The fourth-order valence-electron chi connectivity index (χ4n) is 1.99. The Morgan fingerprint density at radius 2 is 2.28 bits per heavy atom. The van der Waals surface area contributed by atoms with Crippen molar-refractivity contribution in [3.05, 3.63) is 11.3 Å². The summed E-state index contributed by atoms with van der Waals surface area (Å²) in [6.07, 6.45) is 2.84. The van der Waals surface area contributed by atoms with E-state index in [2.05, 4.69) is 16.7 Å². The van der Waals surface area contributed by atoms with Crippen molar-refractivity contribution < 1.29 is 9.84 Å². The van der Waals surface area contributed by atoms with Crippen LogP contribution in [0.3, 0.4) is 0 Å². The lowest BCUT2D eigenvalue weighted by Crippen LogP contribution is -2.32. The van der Waals surface area contributed by atoms with Gasteiger partial charge in [0.1, 0.15) is 0 Å². The number of methoxy groups -OCH3 is 1. The van der Waals surface area contributed by atoms with Crippen molar-refractivity contribution in [1.29, 1.82) is 0 Å². The number of rotatable bonds is 8. The number of ether oxygens (including phenoxy) is 1. The first kappa shape index (κ1) is 15.3. The lowest BCUT2D eigenvalue weighted by molar-refractivity contribution is 0.269. The van der Waals surface area contributed by atoms with E-state index in [1.807, 2.05) is 14.0 Å². The third kappa shape index (κ3) is 3.90. The standard InChI is InChI=1S/C12H23N3O2S/c1-9-11(12(17-3)15(2)14-9)7-13-10(5-6-16)8-18-4/h10,13,16H,5-8H2,1-4H3. The summed E-state index contributed by atoms with van der Waals surface area (Å²) in [6.45, 7) is 2.91. The van der Waals surface area contributed by atoms with Crippen LogP contribution in [0, 0.1) is 6.92 Å². The Hall–Kier alpha value is -0.720. The molecule has 1 unspecified atom stereocenters. The van der Waals surface area contributed by atoms with Gasteiger partial charge in [0.15, 0.2) is 0 Å². The van der Waals surface area contributed by atoms with Gasteiger partial charge in [0.05, 0.1) is 18.4 Å². The number of hydrogen-bond donors (Lipinski definition) is 2. The summed E-state index contributed by atoms with van der Waals surface area (Å²) in [5.41, 5.74) is 2.07. The summed E-state index contributed by atoms with van der Waals surface area (Å²) in [5.74, 6) is 1.79. The smallest absolute Gasteiger partial charge is 0.216 e. The number of nitrogens with zero attached hydrogens (tertiary/aromatic N) is 2. The lowest BCUT2D eigenvalue weighted by Gasteiger charge is -2.16. The number of aryl methyl sites for hydroxylation is 2. The molecule has 0 amide bonds. The zero-order valence-corrected chi connectivity index (χ0v) is 12.4. The fraction of sp³-hybridized carbons (Fsp3) is 0.750. The minimum Gasteiger partial charge on any atom is -0.481 e. The number of aromatic nitrogens is 2. The van der Waals surface area contributed by atoms with Crippen molar-refractivity contribution in [2.45, 2.75) is 25.9 Å². The SMILES string of the molecule is COc1c(CNC(CCO)CSC)c(C)nn1C. The topological polar surface area (TPSA) is 59.3 Å². The van der Waals surface area contributed by atoms with Crippen LogP contribution >= 0.6 is 11.8 Å². The summed E-state index contributed by atoms with van der Waals surface area (Å²) in [7, 11) is 3.54. The molecule has 6 heteroatoms. The van der Waals surface area contributed by atoms with Gasteiger partial charge in [-0.2, -0.15) is 16.9 Å². The van der Waals surface area contributed by atoms with E-state index in [1.165, 1.54) is 0 Å². The number of aliphatic hydroxyl groups is 1. The van der Waals surface area contributed by atoms with Crippen LogP contribution < -0.4 is 10.1 Å². The Morgan fingerprint density at radius 1 is 1.56 bits per heavy atom. The molecule has 0 aliphatic heterocycles. The molecule has 0 saturated carbocycles. The van der Waals surface area contributed by atoms with Crippen molar-refractivity contribution in [2.75, 3.05) is 25.7 Å². The van der Waals surface area contributed by atoms with Gasteiger partial charge in [-0.05, 0) is 19.6 Å². The van der Waals surface area contributed by atoms with E-state index in [9.17, 15) is 0 Å². The van der Waals surface area contributed by atoms with Gasteiger partial charge in [-0.15, -0.1) is 0 Å². The van der Waals surface area contributed by atoms with Gasteiger partial charge in [-0.1, -0.05) is 0 Å². The molecule has 1 aromatic rings. The highest BCUT2D eigenvalue weighted by atomic mass is 32.2. The molecule has 1 heterocycles. The minimum atomic E-state index is 0.210. The van der Waals surface area contributed by atoms with Crippen molar-refractivity contribution in [3.8, 4) is 5.88 Å². The molecule has 2 N–H and O–H groups in total. The van der Waals surface area contributed by atoms with Crippen LogP contribution in [-0.4, -0.2) is 46.7 Å². The maximum absolute atomic E-state index is 9.03. The maximum atomic E-state index is 9.03. The van der Waals surface area contributed by atoms with Crippen LogP contribution in [0.25, 0.3) is 0 Å². The average Bonchev–Trinajstić information content (AvgIpc) is 2.60. The van der Waals surface area contributed by atoms with Crippen LogP contribution in [0.2, 0.25) is 0 Å². The predicted octanol–water partition coefficient (Wildman–Crippen LogP) is 0.941. The maximum Gasteiger partial charge on any atom is 0.216 e. The molecular weight excluding hydrogens is 250 g/mol. The third-order valence-electron chi connectivity index (χ3n) is 2.90. The van der Waals surface area contributed by atoms with Gasteiger partial charge >= 0.3 is 0 Å². The molecule has 0 spiro atoms. The highest BCUT2D eigenvalue weighted by Crippen LogP contribution is 2.20. The molecule has 0 aliphatic carbocycles. The Kier molecular flexibility index (Phi) is 6.52. The van der Waals surface area contributed by atoms with E-state index in [1.54, 1.807) is 23.6 Å². The molecule has 0 aromatic carbocycles. The van der Waals surface area contributed by atoms with Gasteiger partial charge in [0.2, 0.25) is 5.88 Å². The first-order chi connectivity index (χ1) is 8.63. The first-order valence-corrected chi connectivity index (χ1v) is 7.43. The van der Waals surface area contributed by atoms with Crippen LogP contribution in [0.1, 0.15) is 17.7 Å². The second-order valence-corrected chi connectivity index (χ2v) is 5.15. The van der Waals surface area contributed by atoms with E-state index in [0.717, 1.165) is 29.3 Å². The van der Waals surface area contributed by atoms with Gasteiger partial charge in [0.25, 0.3) is 0 Å². The zero-order valence-electron chi connectivity index (χ0n) is 11.6. The zero-order chi connectivity index (χ0) is 13.5. The number of thioether (sulfide) groups is 1. The van der Waals surface area contributed by atoms with Crippen LogP contribution in [0.15, 0.2) is 0 Å². The molecule has 1 atom stereocenters. The summed E-state index contributed by atoms with van der Waals surface area (Å²) >= 11 is 1.78. The molecule has 0 saturated heterocycles. The third-order valence-corrected chi connectivity index (χ3v) is 3.63. The second kappa shape index (κ2) is 7.66. The van der Waals surface area contributed by atoms with Crippen molar-refractivity contribution >= 4 is 11.8 Å². The lowest BCUT2D eigenvalue weighted by atomic mass is 10.2. The van der Waals surface area contributed by atoms with Crippen molar-refractivity contribution in [3.63, 3.8) is 0 Å². The van der Waals surface area contributed by atoms with E-state index in [4.69, 9.17) is 9.84 Å². The van der Waals surface area contributed by atoms with Crippen molar-refractivity contribution in [1.82, 2.24) is 15.1 Å². The first-order valence-electron chi connectivity index (χ1n) is 6.03. The molecule has 1 rings (SSSR count). The number of hydrogen-bond acceptors (Lipinski definition) is 5. The second-order valence-electron chi connectivity index (χ2n) is 4.24. The fourth-order valence-corrected chi connectivity index (χ4v) is 2.67. The monoisotopic (exact) mass is 273 g/mol. The van der Waals surface area contributed by atoms with Crippen LogP contribution in [0.5, 0.6) is 5.88 Å². The van der Waals surface area contributed by atoms with Gasteiger partial charge in [-0.3, -0.25) is 0 Å². The Morgan fingerprint density at radius 3 is 2.83 bits per heavy atom. The quantitative estimate of drug-likeness (QED) is 0.738. The van der Waals surface area contributed by atoms with Crippen LogP contribution in [-0.2, 0) is 13.6 Å². The highest BCUT2D eigenvalue weighted by Gasteiger charge is 2.15. The van der Waals surface area contributed by atoms with Gasteiger partial charge < -0.3 is 15.2 Å². The number of aliphatic hydroxyl groups excluding tert-OH is 1. The molecule has 104 valence electrons. The molecule has 0 radical (unpaired) electrons. The van der Waals surface area contributed by atoms with Gasteiger partial charge in [0, 0.05) is 32.0 Å². The van der Waals surface area contributed by atoms with E-state index in [0.29, 0.717) is 12.6 Å². The molecule has 0 bridgehead atoms. The predicted molar refractivity (Wildman–Crippen MR) is 75.2 cm³/mol. The normalized spacial score (nSPS) is 12.7. The van der Waals surface area contributed by atoms with E-state index >= 15 is 0 Å². The Labute approximate surface area is 113 Å². The molecule has 0 aliphatic rings. The summed E-state index contributed by atoms with van der Waals surface area (Å²) in [5, 5.41) is 16.8. The van der Waals surface area contributed by atoms with Crippen LogP contribution in [0.4, 0.5) is 0 Å². The summed E-state index contributed by atoms with van der Waals surface area (Å²) < 4.78 is 7.11. The number of nitrogens with one attached hydrogen (secondary N) is 1. The molecular formula is C12H23N3O2S. The Bertz CT molecular complexity index is 362.